The minimum absolute atomic E-state index is 0.0810. The number of likely N-dealkylation sites (N-methyl/N-ethyl adjacent to an activating group) is 1. The summed E-state index contributed by atoms with van der Waals surface area (Å²) in [6, 6.07) is 14.5. The summed E-state index contributed by atoms with van der Waals surface area (Å²) in [4.78, 5) is 20.9. The van der Waals surface area contributed by atoms with Crippen molar-refractivity contribution in [1.29, 1.82) is 0 Å². The highest BCUT2D eigenvalue weighted by molar-refractivity contribution is 5.78. The van der Waals surface area contributed by atoms with Gasteiger partial charge in [-0.1, -0.05) is 18.2 Å². The molecule has 1 fully saturated rings. The van der Waals surface area contributed by atoms with Gasteiger partial charge in [-0.15, -0.1) is 0 Å². The van der Waals surface area contributed by atoms with Crippen molar-refractivity contribution in [2.75, 3.05) is 38.1 Å². The topological polar surface area (TPSA) is 48.5 Å². The normalized spacial score (nSPS) is 16.9. The molecule has 1 aromatic heterocycles. The van der Waals surface area contributed by atoms with Gasteiger partial charge in [0.2, 0.25) is 5.91 Å². The number of nitrogens with zero attached hydrogens (tertiary/aromatic N) is 3. The molecule has 1 aliphatic heterocycles. The second kappa shape index (κ2) is 8.81. The fraction of sp³-hybridized carbons (Fsp3) is 0.429. The molecule has 0 radical (unpaired) electrons. The number of carbonyl (C=O) groups is 1. The van der Waals surface area contributed by atoms with E-state index in [2.05, 4.69) is 46.4 Å². The van der Waals surface area contributed by atoms with Gasteiger partial charge in [0.05, 0.1) is 12.2 Å². The Morgan fingerprint density at radius 3 is 2.96 bits per heavy atom. The zero-order valence-corrected chi connectivity index (χ0v) is 15.7. The molecule has 0 saturated carbocycles. The Morgan fingerprint density at radius 2 is 2.19 bits per heavy atom. The summed E-state index contributed by atoms with van der Waals surface area (Å²) in [6.07, 6.45) is 2.90. The largest absolute Gasteiger partial charge is 0.371 e. The van der Waals surface area contributed by atoms with Crippen molar-refractivity contribution in [3.05, 3.63) is 59.9 Å². The standard InChI is InChI=1S/C21H28N4O/c1-17-6-5-8-20(12-17)25-11-9-18(14-25)13-23-21(26)16-24(2)15-19-7-3-4-10-22-19/h3-8,10,12,18H,9,11,13-16H2,1-2H3,(H,23,26)/t18-/m0/s1. The monoisotopic (exact) mass is 352 g/mol. The van der Waals surface area contributed by atoms with Crippen LogP contribution in [-0.2, 0) is 11.3 Å². The summed E-state index contributed by atoms with van der Waals surface area (Å²) >= 11 is 0. The predicted octanol–water partition coefficient (Wildman–Crippen LogP) is 2.46. The van der Waals surface area contributed by atoms with E-state index < -0.39 is 0 Å². The van der Waals surface area contributed by atoms with Gasteiger partial charge in [0.1, 0.15) is 0 Å². The van der Waals surface area contributed by atoms with Crippen molar-refractivity contribution in [2.24, 2.45) is 5.92 Å². The van der Waals surface area contributed by atoms with E-state index in [1.165, 1.54) is 11.3 Å². The van der Waals surface area contributed by atoms with Crippen LogP contribution in [-0.4, -0.2) is 49.0 Å². The van der Waals surface area contributed by atoms with Crippen molar-refractivity contribution in [3.63, 3.8) is 0 Å². The summed E-state index contributed by atoms with van der Waals surface area (Å²) in [5.41, 5.74) is 3.55. The highest BCUT2D eigenvalue weighted by atomic mass is 16.2. The van der Waals surface area contributed by atoms with E-state index in [4.69, 9.17) is 0 Å². The molecule has 1 aliphatic rings. The predicted molar refractivity (Wildman–Crippen MR) is 105 cm³/mol. The van der Waals surface area contributed by atoms with E-state index >= 15 is 0 Å². The first-order chi connectivity index (χ1) is 12.6. The van der Waals surface area contributed by atoms with Crippen LogP contribution in [0, 0.1) is 12.8 Å². The number of benzene rings is 1. The van der Waals surface area contributed by atoms with Crippen LogP contribution < -0.4 is 10.2 Å². The lowest BCUT2D eigenvalue weighted by Gasteiger charge is -2.20. The first kappa shape index (κ1) is 18.4. The maximum Gasteiger partial charge on any atom is 0.234 e. The number of aromatic nitrogens is 1. The zero-order valence-electron chi connectivity index (χ0n) is 15.7. The molecule has 0 spiro atoms. The summed E-state index contributed by atoms with van der Waals surface area (Å²) in [5, 5.41) is 3.10. The van der Waals surface area contributed by atoms with Crippen molar-refractivity contribution in [3.8, 4) is 0 Å². The molecular formula is C21H28N4O. The lowest BCUT2D eigenvalue weighted by Crippen LogP contribution is -2.38. The summed E-state index contributed by atoms with van der Waals surface area (Å²) in [7, 11) is 1.95. The van der Waals surface area contributed by atoms with Crippen LogP contribution in [0.25, 0.3) is 0 Å². The smallest absolute Gasteiger partial charge is 0.234 e. The average molecular weight is 352 g/mol. The van der Waals surface area contributed by atoms with Gasteiger partial charge in [-0.05, 0) is 56.1 Å². The van der Waals surface area contributed by atoms with Gasteiger partial charge in [0.15, 0.2) is 0 Å². The van der Waals surface area contributed by atoms with E-state index in [0.717, 1.165) is 31.7 Å². The Hall–Kier alpha value is -2.40. The van der Waals surface area contributed by atoms with Crippen LogP contribution >= 0.6 is 0 Å². The maximum atomic E-state index is 12.2. The number of carbonyl (C=O) groups excluding carboxylic acids is 1. The van der Waals surface area contributed by atoms with E-state index in [1.54, 1.807) is 6.20 Å². The van der Waals surface area contributed by atoms with E-state index in [9.17, 15) is 4.79 Å². The van der Waals surface area contributed by atoms with Crippen LogP contribution in [0.5, 0.6) is 0 Å². The number of amides is 1. The third kappa shape index (κ3) is 5.30. The van der Waals surface area contributed by atoms with Crippen molar-refractivity contribution in [1.82, 2.24) is 15.2 Å². The number of aryl methyl sites for hydroxylation is 1. The Balaban J connectivity index is 1.39. The molecule has 138 valence electrons. The molecule has 5 heteroatoms. The minimum atomic E-state index is 0.0810. The molecule has 3 rings (SSSR count). The highest BCUT2D eigenvalue weighted by Crippen LogP contribution is 2.24. The van der Waals surface area contributed by atoms with E-state index in [1.807, 2.05) is 30.1 Å². The highest BCUT2D eigenvalue weighted by Gasteiger charge is 2.23. The molecule has 1 N–H and O–H groups in total. The number of nitrogens with one attached hydrogen (secondary N) is 1. The molecule has 26 heavy (non-hydrogen) atoms. The first-order valence-electron chi connectivity index (χ1n) is 9.27. The molecule has 1 atom stereocenters. The fourth-order valence-corrected chi connectivity index (χ4v) is 3.44. The van der Waals surface area contributed by atoms with Crippen LogP contribution in [0.3, 0.4) is 0 Å². The second-order valence-electron chi connectivity index (χ2n) is 7.24. The molecule has 1 aromatic carbocycles. The lowest BCUT2D eigenvalue weighted by molar-refractivity contribution is -0.122. The number of rotatable bonds is 7. The van der Waals surface area contributed by atoms with Gasteiger partial charge in [-0.3, -0.25) is 14.7 Å². The lowest BCUT2D eigenvalue weighted by atomic mass is 10.1. The number of pyridine rings is 1. The average Bonchev–Trinajstić information content (AvgIpc) is 3.10. The first-order valence-corrected chi connectivity index (χ1v) is 9.27. The Bertz CT molecular complexity index is 719. The van der Waals surface area contributed by atoms with Crippen molar-refractivity contribution in [2.45, 2.75) is 19.9 Å². The second-order valence-corrected chi connectivity index (χ2v) is 7.24. The summed E-state index contributed by atoms with van der Waals surface area (Å²) < 4.78 is 0. The van der Waals surface area contributed by atoms with Gasteiger partial charge in [0, 0.05) is 38.1 Å². The van der Waals surface area contributed by atoms with Crippen LogP contribution in [0.1, 0.15) is 17.7 Å². The van der Waals surface area contributed by atoms with Gasteiger partial charge >= 0.3 is 0 Å². The molecule has 1 amide bonds. The summed E-state index contributed by atoms with van der Waals surface area (Å²) in [6.45, 7) is 6.01. The van der Waals surface area contributed by atoms with Crippen molar-refractivity contribution < 1.29 is 4.79 Å². The van der Waals surface area contributed by atoms with Gasteiger partial charge in [-0.25, -0.2) is 0 Å². The number of hydrogen-bond acceptors (Lipinski definition) is 4. The summed E-state index contributed by atoms with van der Waals surface area (Å²) in [5.74, 6) is 0.595. The molecule has 0 aliphatic carbocycles. The third-order valence-electron chi connectivity index (χ3n) is 4.81. The van der Waals surface area contributed by atoms with E-state index in [-0.39, 0.29) is 5.91 Å². The van der Waals surface area contributed by atoms with E-state index in [0.29, 0.717) is 19.0 Å². The fourth-order valence-electron chi connectivity index (χ4n) is 3.44. The Morgan fingerprint density at radius 1 is 1.31 bits per heavy atom. The number of anilines is 1. The van der Waals surface area contributed by atoms with Gasteiger partial charge < -0.3 is 10.2 Å². The molecule has 5 nitrogen and oxygen atoms in total. The van der Waals surface area contributed by atoms with Crippen molar-refractivity contribution >= 4 is 11.6 Å². The number of hydrogen-bond donors (Lipinski definition) is 1. The van der Waals surface area contributed by atoms with Crippen LogP contribution in [0.4, 0.5) is 5.69 Å². The molecule has 1 saturated heterocycles. The maximum absolute atomic E-state index is 12.2. The third-order valence-corrected chi connectivity index (χ3v) is 4.81. The zero-order chi connectivity index (χ0) is 18.4. The Kier molecular flexibility index (Phi) is 6.23. The molecule has 2 aromatic rings. The molecule has 0 unspecified atom stereocenters. The van der Waals surface area contributed by atoms with Crippen LogP contribution in [0.15, 0.2) is 48.7 Å². The van der Waals surface area contributed by atoms with Gasteiger partial charge in [-0.2, -0.15) is 0 Å². The SMILES string of the molecule is Cc1cccc(N2CC[C@@H](CNC(=O)CN(C)Cc3ccccn3)C2)c1. The quantitative estimate of drug-likeness (QED) is 0.832. The molecule has 0 bridgehead atoms. The molecular weight excluding hydrogens is 324 g/mol. The Labute approximate surface area is 156 Å². The van der Waals surface area contributed by atoms with Crippen LogP contribution in [0.2, 0.25) is 0 Å². The molecule has 2 heterocycles. The minimum Gasteiger partial charge on any atom is -0.371 e. The van der Waals surface area contributed by atoms with Gasteiger partial charge in [0.25, 0.3) is 0 Å².